The highest BCUT2D eigenvalue weighted by atomic mass is 32.1. The molecule has 0 fully saturated rings. The quantitative estimate of drug-likeness (QED) is 0.129. The number of pyridine rings is 2. The van der Waals surface area contributed by atoms with Crippen molar-refractivity contribution in [2.45, 2.75) is 357 Å². The monoisotopic (exact) mass is 1630 g/mol. The first-order valence-electron chi connectivity index (χ1n) is 42.6. The van der Waals surface area contributed by atoms with Gasteiger partial charge in [0.1, 0.15) is 0 Å². The Kier molecular flexibility index (Phi) is 53.7. The van der Waals surface area contributed by atoms with E-state index < -0.39 is 0 Å². The van der Waals surface area contributed by atoms with Crippen molar-refractivity contribution in [3.05, 3.63) is 318 Å². The average molecular weight is 1630 g/mol. The third-order valence-electron chi connectivity index (χ3n) is 20.3. The number of aryl methyl sites for hydroxylation is 19. The van der Waals surface area contributed by atoms with Gasteiger partial charge in [-0.05, 0) is 296 Å². The van der Waals surface area contributed by atoms with Gasteiger partial charge < -0.3 is 0 Å². The molecule has 117 heavy (non-hydrogen) atoms. The number of rotatable bonds is 11. The van der Waals surface area contributed by atoms with Crippen molar-refractivity contribution < 1.29 is 0 Å². The van der Waals surface area contributed by atoms with E-state index in [1.54, 1.807) is 11.3 Å². The highest BCUT2D eigenvalue weighted by Crippen LogP contribution is 2.29. The van der Waals surface area contributed by atoms with E-state index in [1.807, 2.05) is 53.1 Å². The van der Waals surface area contributed by atoms with E-state index in [-0.39, 0.29) is 14.9 Å². The summed E-state index contributed by atoms with van der Waals surface area (Å²) in [5, 5.41) is 5.43. The van der Waals surface area contributed by atoms with Crippen LogP contribution in [0.4, 0.5) is 0 Å². The SMILES string of the molecule is C.C.Cc1cc(C)c(C(C)C)cc1C.Cc1ccc(C(C)C)c(C)c1.Cc1ccc(C(C)C)c(C)c1.Cc1ccc(C)c(C(C)C)c1.Cc1ccc(C)c(C(C)C)c1.Cc1ccccc1C(C)C.Cc1nc(C)c(C(C)C)s1.Cc1ncccc1C(C)C.Cc1ncccc1C(C)C.Cc1ncsc1C(C)C.Cc1nn(C)cc1C(C)C. The van der Waals surface area contributed by atoms with Crippen LogP contribution < -0.4 is 0 Å². The van der Waals surface area contributed by atoms with Crippen LogP contribution >= 0.6 is 22.7 Å². The van der Waals surface area contributed by atoms with Crippen LogP contribution in [0.2, 0.25) is 0 Å². The van der Waals surface area contributed by atoms with Crippen molar-refractivity contribution in [2.75, 3.05) is 0 Å². The first-order chi connectivity index (χ1) is 53.5. The fourth-order valence-electron chi connectivity index (χ4n) is 13.9. The second-order valence-electron chi connectivity index (χ2n) is 35.0. The number of hydrogen-bond acceptors (Lipinski definition) is 7. The van der Waals surface area contributed by atoms with Crippen molar-refractivity contribution in [1.82, 2.24) is 29.7 Å². The molecule has 0 saturated carbocycles. The first-order valence-corrected chi connectivity index (χ1v) is 44.3. The lowest BCUT2D eigenvalue weighted by molar-refractivity contribution is 0.756. The Balaban J connectivity index is 0. The Hall–Kier alpha value is -7.91. The van der Waals surface area contributed by atoms with Gasteiger partial charge in [-0.3, -0.25) is 14.6 Å². The van der Waals surface area contributed by atoms with Crippen LogP contribution in [0, 0.1) is 125 Å². The van der Waals surface area contributed by atoms with Crippen molar-refractivity contribution in [3.8, 4) is 0 Å². The number of benzene rings is 6. The molecular formula is C109H168N6S2. The first kappa shape index (κ1) is 111. The van der Waals surface area contributed by atoms with Gasteiger partial charge in [-0.1, -0.05) is 311 Å². The van der Waals surface area contributed by atoms with Gasteiger partial charge in [0.2, 0.25) is 0 Å². The molecule has 5 heterocycles. The molecule has 11 rings (SSSR count). The van der Waals surface area contributed by atoms with Gasteiger partial charge in [-0.2, -0.15) is 5.10 Å². The minimum Gasteiger partial charge on any atom is -0.275 e. The summed E-state index contributed by atoms with van der Waals surface area (Å²) in [6.45, 7) is 87.1. The van der Waals surface area contributed by atoms with Gasteiger partial charge in [0.25, 0.3) is 0 Å². The Morgan fingerprint density at radius 3 is 0.838 bits per heavy atom. The Bertz CT molecular complexity index is 4280. The number of thiazole rings is 2. The predicted molar refractivity (Wildman–Crippen MR) is 528 cm³/mol. The standard InChI is InChI=1S/C12H18.4C11H16.C10H14.2C9H13N.C8H14N2.C8H13NS.C7H11NS.2CH4/c1-8(2)12-7-10(4)9(3)6-11(12)5;2*1-8(2)11-6-5-9(3)7-10(11)4;2*1-8(2)11-7-9(3)5-6-10(11)4;1-8(2)10-7-5-4-6-9(10)3;2*1-7(2)9-5-4-6-10-8(9)3;1-6(2)8-5-10(4)9-7(8)3;1-5(2)8-6(3)9-7(4)10-8;1-5(2)7-6(3)8-4-9-7;;/h6-8H,1-5H3;4*5-8H,1-4H3;4-8H,1-3H3;2*4-7H,1-3H3;5-6H,1-4H3;5H,1-4H3;4-5H,1-3H3;2*1H4. The molecule has 6 aromatic carbocycles. The molecular weight excluding hydrogens is 1460 g/mol. The molecule has 0 aliphatic heterocycles. The van der Waals surface area contributed by atoms with Crippen LogP contribution in [0.15, 0.2) is 158 Å². The number of nitrogens with zero attached hydrogens (tertiary/aromatic N) is 6. The molecule has 0 bridgehead atoms. The highest BCUT2D eigenvalue weighted by Gasteiger charge is 2.12. The van der Waals surface area contributed by atoms with E-state index >= 15 is 0 Å². The second-order valence-corrected chi connectivity index (χ2v) is 37.1. The van der Waals surface area contributed by atoms with Gasteiger partial charge in [0.15, 0.2) is 0 Å². The summed E-state index contributed by atoms with van der Waals surface area (Å²) in [6, 6.07) is 48.0. The van der Waals surface area contributed by atoms with Gasteiger partial charge in [0.05, 0.1) is 27.6 Å². The minimum atomic E-state index is 0. The molecule has 0 atom stereocenters. The van der Waals surface area contributed by atoms with E-state index in [4.69, 9.17) is 0 Å². The molecule has 0 radical (unpaired) electrons. The van der Waals surface area contributed by atoms with E-state index in [1.165, 1.54) is 143 Å². The molecule has 0 aliphatic rings. The average Bonchev–Trinajstić information content (AvgIpc) is 1.66. The maximum atomic E-state index is 4.35. The zero-order chi connectivity index (χ0) is 88.0. The van der Waals surface area contributed by atoms with Crippen molar-refractivity contribution in [2.24, 2.45) is 7.05 Å². The number of hydrogen-bond donors (Lipinski definition) is 0. The summed E-state index contributed by atoms with van der Waals surface area (Å²) in [5.41, 5.74) is 37.3. The lowest BCUT2D eigenvalue weighted by Gasteiger charge is -2.12. The molecule has 0 spiro atoms. The van der Waals surface area contributed by atoms with Crippen LogP contribution in [0.5, 0.6) is 0 Å². The lowest BCUT2D eigenvalue weighted by atomic mass is 9.94. The van der Waals surface area contributed by atoms with Crippen molar-refractivity contribution in [3.63, 3.8) is 0 Å². The van der Waals surface area contributed by atoms with Gasteiger partial charge in [0, 0.05) is 46.8 Å². The maximum absolute atomic E-state index is 4.35. The van der Waals surface area contributed by atoms with E-state index in [0.717, 1.165) is 17.1 Å². The molecule has 0 saturated heterocycles. The molecule has 5 aromatic heterocycles. The highest BCUT2D eigenvalue weighted by molar-refractivity contribution is 7.11. The lowest BCUT2D eigenvalue weighted by Crippen LogP contribution is -1.94. The third-order valence-corrected chi connectivity index (χ3v) is 22.9. The molecule has 0 aliphatic carbocycles. The third kappa shape index (κ3) is 41.6. The maximum Gasteiger partial charge on any atom is 0.0900 e. The van der Waals surface area contributed by atoms with E-state index in [0.29, 0.717) is 65.1 Å². The summed E-state index contributed by atoms with van der Waals surface area (Å²) >= 11 is 3.56. The fraction of sp³-hybridized carbons (Fsp3) is 0.495. The minimum absolute atomic E-state index is 0. The van der Waals surface area contributed by atoms with Crippen LogP contribution in [-0.2, 0) is 7.05 Å². The summed E-state index contributed by atoms with van der Waals surface area (Å²) in [7, 11) is 1.96. The molecule has 0 N–H and O–H groups in total. The Labute approximate surface area is 729 Å². The van der Waals surface area contributed by atoms with Crippen LogP contribution in [-0.4, -0.2) is 29.7 Å². The van der Waals surface area contributed by atoms with Crippen LogP contribution in [0.3, 0.4) is 0 Å². The van der Waals surface area contributed by atoms with Crippen LogP contribution in [0.25, 0.3) is 0 Å². The van der Waals surface area contributed by atoms with Crippen molar-refractivity contribution in [1.29, 1.82) is 0 Å². The molecule has 6 nitrogen and oxygen atoms in total. The topological polar surface area (TPSA) is 69.4 Å². The molecule has 11 aromatic rings. The van der Waals surface area contributed by atoms with Crippen LogP contribution in [0.1, 0.15) is 392 Å². The number of aromatic nitrogens is 6. The summed E-state index contributed by atoms with van der Waals surface area (Å²) in [6.07, 6.45) is 5.75. The van der Waals surface area contributed by atoms with Crippen molar-refractivity contribution >= 4 is 22.7 Å². The Morgan fingerprint density at radius 2 is 0.581 bits per heavy atom. The zero-order valence-corrected chi connectivity index (χ0v) is 82.0. The predicted octanol–water partition coefficient (Wildman–Crippen LogP) is 34.2. The van der Waals surface area contributed by atoms with Gasteiger partial charge >= 0.3 is 0 Å². The Morgan fingerprint density at radius 1 is 0.256 bits per heavy atom. The van der Waals surface area contributed by atoms with E-state index in [9.17, 15) is 0 Å². The largest absolute Gasteiger partial charge is 0.275 e. The summed E-state index contributed by atoms with van der Waals surface area (Å²) in [4.78, 5) is 19.7. The normalized spacial score (nSPS) is 10.5. The molecule has 8 heteroatoms. The smallest absolute Gasteiger partial charge is 0.0900 e. The molecule has 0 amide bonds. The van der Waals surface area contributed by atoms with E-state index in [2.05, 4.69) is 430 Å². The summed E-state index contributed by atoms with van der Waals surface area (Å²) < 4.78 is 1.87. The fourth-order valence-corrected chi connectivity index (χ4v) is 15.6. The molecule has 0 unspecified atom stereocenters. The van der Waals surface area contributed by atoms with Gasteiger partial charge in [-0.25, -0.2) is 9.97 Å². The zero-order valence-electron chi connectivity index (χ0n) is 80.4. The molecule has 646 valence electrons. The van der Waals surface area contributed by atoms with Gasteiger partial charge in [-0.15, -0.1) is 22.7 Å². The second kappa shape index (κ2) is 56.5. The summed E-state index contributed by atoms with van der Waals surface area (Å²) in [5.74, 6) is 6.93.